The lowest BCUT2D eigenvalue weighted by atomic mass is 9.95. The average Bonchev–Trinajstić information content (AvgIpc) is 3.06. The molecule has 168 valence electrons. The van der Waals surface area contributed by atoms with Gasteiger partial charge in [-0.05, 0) is 54.4 Å². The van der Waals surface area contributed by atoms with Gasteiger partial charge >= 0.3 is 0 Å². The van der Waals surface area contributed by atoms with Crippen LogP contribution in [0.3, 0.4) is 0 Å². The Bertz CT molecular complexity index is 1230. The van der Waals surface area contributed by atoms with Gasteiger partial charge in [0.1, 0.15) is 11.5 Å². The van der Waals surface area contributed by atoms with Crippen LogP contribution in [0.2, 0.25) is 10.0 Å². The van der Waals surface area contributed by atoms with Crippen molar-refractivity contribution >= 4 is 40.7 Å². The number of halogens is 2. The van der Waals surface area contributed by atoms with Gasteiger partial charge < -0.3 is 14.7 Å². The van der Waals surface area contributed by atoms with E-state index in [1.54, 1.807) is 60.9 Å². The second-order valence-electron chi connectivity index (χ2n) is 7.41. The summed E-state index contributed by atoms with van der Waals surface area (Å²) < 4.78 is 5.51. The second kappa shape index (κ2) is 9.65. The van der Waals surface area contributed by atoms with Gasteiger partial charge in [0.05, 0.1) is 23.2 Å². The van der Waals surface area contributed by atoms with Crippen LogP contribution >= 0.6 is 23.2 Å². The van der Waals surface area contributed by atoms with Crippen LogP contribution in [0.25, 0.3) is 5.76 Å². The van der Waals surface area contributed by atoms with E-state index in [0.717, 1.165) is 5.56 Å². The largest absolute Gasteiger partial charge is 0.507 e. The normalized spacial score (nSPS) is 17.4. The van der Waals surface area contributed by atoms with Crippen LogP contribution in [0.4, 0.5) is 0 Å². The number of amides is 1. The van der Waals surface area contributed by atoms with Gasteiger partial charge in [-0.1, -0.05) is 41.4 Å². The molecule has 33 heavy (non-hydrogen) atoms. The fraction of sp³-hybridized carbons (Fsp3) is 0.160. The Kier molecular flexibility index (Phi) is 6.67. The molecule has 1 unspecified atom stereocenters. The highest BCUT2D eigenvalue weighted by molar-refractivity contribution is 6.47. The first-order chi connectivity index (χ1) is 15.9. The van der Waals surface area contributed by atoms with Gasteiger partial charge in [-0.3, -0.25) is 14.6 Å². The molecule has 1 aliphatic heterocycles. The van der Waals surface area contributed by atoms with Gasteiger partial charge in [0.15, 0.2) is 0 Å². The number of aromatic nitrogens is 1. The maximum Gasteiger partial charge on any atom is 0.295 e. The summed E-state index contributed by atoms with van der Waals surface area (Å²) in [5.41, 5.74) is 1.53. The number of likely N-dealkylation sites (tertiary alicyclic amines) is 1. The van der Waals surface area contributed by atoms with E-state index in [2.05, 4.69) is 4.98 Å². The van der Waals surface area contributed by atoms with Crippen molar-refractivity contribution in [2.24, 2.45) is 0 Å². The summed E-state index contributed by atoms with van der Waals surface area (Å²) in [5, 5.41) is 12.0. The quantitative estimate of drug-likeness (QED) is 0.288. The van der Waals surface area contributed by atoms with Crippen molar-refractivity contribution in [2.75, 3.05) is 6.61 Å². The van der Waals surface area contributed by atoms with Gasteiger partial charge in [0, 0.05) is 29.5 Å². The summed E-state index contributed by atoms with van der Waals surface area (Å²) in [6.45, 7) is 2.38. The van der Waals surface area contributed by atoms with E-state index in [0.29, 0.717) is 22.9 Å². The van der Waals surface area contributed by atoms with Crippen molar-refractivity contribution in [3.63, 3.8) is 0 Å². The second-order valence-corrected chi connectivity index (χ2v) is 8.26. The van der Waals surface area contributed by atoms with Crippen LogP contribution in [0, 0.1) is 0 Å². The fourth-order valence-corrected chi connectivity index (χ4v) is 4.14. The summed E-state index contributed by atoms with van der Waals surface area (Å²) in [6, 6.07) is 14.3. The molecule has 1 atom stereocenters. The smallest absolute Gasteiger partial charge is 0.295 e. The number of Topliss-reactive ketones (excluding diaryl/α,β-unsaturated/α-hetero) is 1. The minimum absolute atomic E-state index is 0.0539. The molecule has 1 N–H and O–H groups in total. The lowest BCUT2D eigenvalue weighted by Gasteiger charge is -2.25. The third-order valence-electron chi connectivity index (χ3n) is 5.31. The minimum atomic E-state index is -0.839. The van der Waals surface area contributed by atoms with Crippen molar-refractivity contribution in [1.82, 2.24) is 9.88 Å². The standard InChI is InChI=1S/C25H20Cl2N2O4/c1-2-33-18-9-10-20(27)19(12-18)23(30)21-22(16-5-7-17(26)8-6-16)29(25(32)24(21)31)14-15-4-3-11-28-13-15/h3-13,22,30H,2,14H2,1H3/b23-21+. The summed E-state index contributed by atoms with van der Waals surface area (Å²) in [6.07, 6.45) is 3.25. The van der Waals surface area contributed by atoms with Crippen LogP contribution in [0.5, 0.6) is 5.75 Å². The van der Waals surface area contributed by atoms with Crippen LogP contribution in [0.15, 0.2) is 72.6 Å². The summed E-state index contributed by atoms with van der Waals surface area (Å²) in [4.78, 5) is 31.8. The Labute approximate surface area is 201 Å². The highest BCUT2D eigenvalue weighted by Gasteiger charge is 2.46. The van der Waals surface area contributed by atoms with Crippen LogP contribution in [0.1, 0.15) is 29.7 Å². The van der Waals surface area contributed by atoms with E-state index in [4.69, 9.17) is 27.9 Å². The van der Waals surface area contributed by atoms with Gasteiger partial charge in [-0.2, -0.15) is 0 Å². The molecule has 8 heteroatoms. The molecule has 0 radical (unpaired) electrons. The Morgan fingerprint density at radius 2 is 1.88 bits per heavy atom. The Morgan fingerprint density at radius 3 is 2.55 bits per heavy atom. The zero-order chi connectivity index (χ0) is 23.5. The summed E-state index contributed by atoms with van der Waals surface area (Å²) in [5.74, 6) is -1.41. The van der Waals surface area contributed by atoms with E-state index < -0.39 is 17.7 Å². The van der Waals surface area contributed by atoms with Gasteiger partial charge in [-0.15, -0.1) is 0 Å². The molecule has 0 saturated carbocycles. The maximum absolute atomic E-state index is 13.2. The van der Waals surface area contributed by atoms with Crippen LogP contribution in [-0.2, 0) is 16.1 Å². The molecular formula is C25H20Cl2N2O4. The number of hydrogen-bond acceptors (Lipinski definition) is 5. The highest BCUT2D eigenvalue weighted by Crippen LogP contribution is 2.42. The number of aliphatic hydroxyl groups excluding tert-OH is 1. The molecule has 1 aromatic heterocycles. The number of aliphatic hydroxyl groups is 1. The molecule has 4 rings (SSSR count). The van der Waals surface area contributed by atoms with Gasteiger partial charge in [-0.25, -0.2) is 0 Å². The average molecular weight is 483 g/mol. The highest BCUT2D eigenvalue weighted by atomic mass is 35.5. The van der Waals surface area contributed by atoms with E-state index in [9.17, 15) is 14.7 Å². The van der Waals surface area contributed by atoms with Gasteiger partial charge in [0.25, 0.3) is 11.7 Å². The summed E-state index contributed by atoms with van der Waals surface area (Å²) >= 11 is 12.4. The molecule has 2 heterocycles. The molecule has 1 fully saturated rings. The van der Waals surface area contributed by atoms with E-state index >= 15 is 0 Å². The predicted molar refractivity (Wildman–Crippen MR) is 126 cm³/mol. The predicted octanol–water partition coefficient (Wildman–Crippen LogP) is 5.41. The Hall–Kier alpha value is -3.35. The lowest BCUT2D eigenvalue weighted by Crippen LogP contribution is -2.29. The molecular weight excluding hydrogens is 463 g/mol. The van der Waals surface area contributed by atoms with Gasteiger partial charge in [0.2, 0.25) is 0 Å². The molecule has 0 aliphatic carbocycles. The van der Waals surface area contributed by atoms with Crippen LogP contribution in [-0.4, -0.2) is 33.3 Å². The molecule has 0 bridgehead atoms. The number of pyridine rings is 1. The first-order valence-electron chi connectivity index (χ1n) is 10.3. The maximum atomic E-state index is 13.2. The zero-order valence-electron chi connectivity index (χ0n) is 17.7. The number of ketones is 1. The number of rotatable bonds is 6. The Morgan fingerprint density at radius 1 is 1.12 bits per heavy atom. The molecule has 1 aliphatic rings. The van der Waals surface area contributed by atoms with Crippen molar-refractivity contribution in [1.29, 1.82) is 0 Å². The fourth-order valence-electron chi connectivity index (χ4n) is 3.81. The van der Waals surface area contributed by atoms with Crippen LogP contribution < -0.4 is 4.74 Å². The first kappa shape index (κ1) is 22.8. The minimum Gasteiger partial charge on any atom is -0.507 e. The number of nitrogens with zero attached hydrogens (tertiary/aromatic N) is 2. The molecule has 6 nitrogen and oxygen atoms in total. The van der Waals surface area contributed by atoms with Crippen molar-refractivity contribution < 1.29 is 19.4 Å². The molecule has 2 aromatic carbocycles. The number of benzene rings is 2. The van der Waals surface area contributed by atoms with E-state index in [-0.39, 0.29) is 28.5 Å². The number of carbonyl (C=O) groups excluding carboxylic acids is 2. The monoisotopic (exact) mass is 482 g/mol. The molecule has 3 aromatic rings. The third kappa shape index (κ3) is 4.58. The Balaban J connectivity index is 1.88. The first-order valence-corrected chi connectivity index (χ1v) is 11.0. The topological polar surface area (TPSA) is 79.7 Å². The van der Waals surface area contributed by atoms with Crippen molar-refractivity contribution in [2.45, 2.75) is 19.5 Å². The molecule has 1 amide bonds. The summed E-state index contributed by atoms with van der Waals surface area (Å²) in [7, 11) is 0. The van der Waals surface area contributed by atoms with Crippen molar-refractivity contribution in [3.05, 3.63) is 99.3 Å². The lowest BCUT2D eigenvalue weighted by molar-refractivity contribution is -0.140. The number of hydrogen-bond donors (Lipinski definition) is 1. The van der Waals surface area contributed by atoms with Crippen molar-refractivity contribution in [3.8, 4) is 5.75 Å². The molecule has 0 spiro atoms. The third-order valence-corrected chi connectivity index (χ3v) is 5.89. The van der Waals surface area contributed by atoms with E-state index in [1.165, 1.54) is 4.90 Å². The molecule has 1 saturated heterocycles. The SMILES string of the molecule is CCOc1ccc(Cl)c(/C(O)=C2\C(=O)C(=O)N(Cc3cccnc3)C2c2ccc(Cl)cc2)c1. The number of ether oxygens (including phenoxy) is 1. The van der Waals surface area contributed by atoms with E-state index in [1.807, 2.05) is 13.0 Å². The number of carbonyl (C=O) groups is 2. The zero-order valence-corrected chi connectivity index (χ0v) is 19.2.